The first-order chi connectivity index (χ1) is 7.29. The molecule has 3 heteroatoms. The number of benzene rings is 1. The summed E-state index contributed by atoms with van der Waals surface area (Å²) < 4.78 is 6.94. The molecule has 15 heavy (non-hydrogen) atoms. The smallest absolute Gasteiger partial charge is 0.123 e. The van der Waals surface area contributed by atoms with Crippen LogP contribution in [0, 0.1) is 5.92 Å². The van der Waals surface area contributed by atoms with Gasteiger partial charge in [-0.2, -0.15) is 0 Å². The zero-order valence-corrected chi connectivity index (χ0v) is 11.7. The minimum absolute atomic E-state index is 0.789. The molecule has 0 amide bonds. The van der Waals surface area contributed by atoms with E-state index in [0.717, 1.165) is 28.1 Å². The molecule has 2 rings (SSSR count). The molecule has 82 valence electrons. The van der Waals surface area contributed by atoms with E-state index in [4.69, 9.17) is 4.74 Å². The maximum absolute atomic E-state index is 5.84. The van der Waals surface area contributed by atoms with Crippen molar-refractivity contribution in [2.24, 2.45) is 5.92 Å². The number of hydrogen-bond donors (Lipinski definition) is 0. The lowest BCUT2D eigenvalue weighted by Crippen LogP contribution is -2.19. The molecule has 1 saturated carbocycles. The third-order valence-corrected chi connectivity index (χ3v) is 3.96. The van der Waals surface area contributed by atoms with Crippen molar-refractivity contribution in [1.82, 2.24) is 0 Å². The number of alkyl halides is 1. The highest BCUT2D eigenvalue weighted by molar-refractivity contribution is 9.10. The third-order valence-electron chi connectivity index (χ3n) is 2.87. The van der Waals surface area contributed by atoms with E-state index in [2.05, 4.69) is 37.9 Å². The summed E-state index contributed by atoms with van der Waals surface area (Å²) >= 11 is 6.95. The van der Waals surface area contributed by atoms with Gasteiger partial charge >= 0.3 is 0 Å². The molecule has 0 heterocycles. The highest BCUT2D eigenvalue weighted by Gasteiger charge is 2.18. The lowest BCUT2D eigenvalue weighted by molar-refractivity contribution is 0.180. The Kier molecular flexibility index (Phi) is 4.09. The molecule has 1 aromatic carbocycles. The van der Waals surface area contributed by atoms with Crippen LogP contribution < -0.4 is 4.74 Å². The fourth-order valence-corrected chi connectivity index (χ4v) is 2.51. The summed E-state index contributed by atoms with van der Waals surface area (Å²) in [4.78, 5) is 0. The molecular weight excluding hydrogens is 320 g/mol. The second-order valence-electron chi connectivity index (χ2n) is 3.99. The summed E-state index contributed by atoms with van der Waals surface area (Å²) in [6.45, 7) is 0.877. The first-order valence-corrected chi connectivity index (χ1v) is 7.18. The van der Waals surface area contributed by atoms with Gasteiger partial charge in [0.2, 0.25) is 0 Å². The summed E-state index contributed by atoms with van der Waals surface area (Å²) in [5, 5.41) is 0.840. The summed E-state index contributed by atoms with van der Waals surface area (Å²) in [5.74, 6) is 1.80. The van der Waals surface area contributed by atoms with Crippen molar-refractivity contribution >= 4 is 31.9 Å². The van der Waals surface area contributed by atoms with Crippen molar-refractivity contribution in [1.29, 1.82) is 0 Å². The molecule has 0 spiro atoms. The maximum Gasteiger partial charge on any atom is 0.123 e. The van der Waals surface area contributed by atoms with Gasteiger partial charge in [0.05, 0.1) is 6.61 Å². The fourth-order valence-electron chi connectivity index (χ4n) is 1.66. The molecule has 1 aromatic rings. The summed E-state index contributed by atoms with van der Waals surface area (Å²) in [7, 11) is 0. The molecule has 1 fully saturated rings. The highest BCUT2D eigenvalue weighted by Crippen LogP contribution is 2.29. The van der Waals surface area contributed by atoms with Crippen molar-refractivity contribution in [2.75, 3.05) is 6.61 Å². The van der Waals surface area contributed by atoms with Gasteiger partial charge in [-0.05, 0) is 37.0 Å². The van der Waals surface area contributed by atoms with E-state index in [9.17, 15) is 0 Å². The highest BCUT2D eigenvalue weighted by atomic mass is 79.9. The fraction of sp³-hybridized carbons (Fsp3) is 0.500. The van der Waals surface area contributed by atoms with Crippen LogP contribution in [0.4, 0.5) is 0 Å². The molecule has 0 saturated heterocycles. The Balaban J connectivity index is 1.99. The van der Waals surface area contributed by atoms with Crippen LogP contribution in [0.5, 0.6) is 5.75 Å². The van der Waals surface area contributed by atoms with Crippen LogP contribution in [-0.4, -0.2) is 6.61 Å². The number of rotatable bonds is 4. The van der Waals surface area contributed by atoms with Gasteiger partial charge in [0.15, 0.2) is 0 Å². The molecule has 1 nitrogen and oxygen atoms in total. The topological polar surface area (TPSA) is 9.23 Å². The molecule has 0 radical (unpaired) electrons. The Morgan fingerprint density at radius 2 is 2.13 bits per heavy atom. The van der Waals surface area contributed by atoms with E-state index in [0.29, 0.717) is 0 Å². The Morgan fingerprint density at radius 1 is 1.33 bits per heavy atom. The molecule has 0 aromatic heterocycles. The molecule has 1 aliphatic rings. The zero-order valence-electron chi connectivity index (χ0n) is 8.51. The van der Waals surface area contributed by atoms with Crippen molar-refractivity contribution < 1.29 is 4.74 Å². The largest absolute Gasteiger partial charge is 0.493 e. The summed E-state index contributed by atoms with van der Waals surface area (Å²) in [6.07, 6.45) is 4.04. The van der Waals surface area contributed by atoms with Crippen LogP contribution in [0.1, 0.15) is 24.8 Å². The Labute approximate surface area is 107 Å². The first-order valence-electron chi connectivity index (χ1n) is 5.27. The lowest BCUT2D eigenvalue weighted by Gasteiger charge is -2.25. The van der Waals surface area contributed by atoms with E-state index in [1.807, 2.05) is 12.1 Å². The monoisotopic (exact) mass is 332 g/mol. The van der Waals surface area contributed by atoms with E-state index in [-0.39, 0.29) is 0 Å². The van der Waals surface area contributed by atoms with Gasteiger partial charge in [-0.15, -0.1) is 0 Å². The van der Waals surface area contributed by atoms with Crippen LogP contribution >= 0.6 is 31.9 Å². The van der Waals surface area contributed by atoms with E-state index in [1.54, 1.807) is 0 Å². The van der Waals surface area contributed by atoms with Gasteiger partial charge in [0.1, 0.15) is 5.75 Å². The standard InChI is InChI=1S/C12H14Br2O/c13-7-10-6-11(14)4-5-12(10)15-8-9-2-1-3-9/h4-6,9H,1-3,7-8H2. The van der Waals surface area contributed by atoms with Crippen LogP contribution in [0.2, 0.25) is 0 Å². The van der Waals surface area contributed by atoms with Crippen LogP contribution in [0.3, 0.4) is 0 Å². The maximum atomic E-state index is 5.84. The van der Waals surface area contributed by atoms with E-state index >= 15 is 0 Å². The zero-order chi connectivity index (χ0) is 10.7. The number of halogens is 2. The second-order valence-corrected chi connectivity index (χ2v) is 5.47. The van der Waals surface area contributed by atoms with E-state index in [1.165, 1.54) is 24.8 Å². The Bertz CT molecular complexity index is 334. The third kappa shape index (κ3) is 2.97. The van der Waals surface area contributed by atoms with Gasteiger partial charge in [-0.3, -0.25) is 0 Å². The van der Waals surface area contributed by atoms with Gasteiger partial charge in [0.25, 0.3) is 0 Å². The van der Waals surface area contributed by atoms with Gasteiger partial charge in [0, 0.05) is 15.4 Å². The normalized spacial score (nSPS) is 16.1. The average molecular weight is 334 g/mol. The number of ether oxygens (including phenoxy) is 1. The molecule has 0 atom stereocenters. The van der Waals surface area contributed by atoms with Crippen LogP contribution in [0.15, 0.2) is 22.7 Å². The molecule has 0 bridgehead atoms. The first kappa shape index (κ1) is 11.5. The predicted octanol–water partition coefficient (Wildman–Crippen LogP) is 4.52. The van der Waals surface area contributed by atoms with Gasteiger partial charge < -0.3 is 4.74 Å². The minimum Gasteiger partial charge on any atom is -0.493 e. The summed E-state index contributed by atoms with van der Waals surface area (Å²) in [6, 6.07) is 6.17. The van der Waals surface area contributed by atoms with Crippen molar-refractivity contribution in [3.05, 3.63) is 28.2 Å². The molecule has 0 aliphatic heterocycles. The van der Waals surface area contributed by atoms with Gasteiger partial charge in [-0.25, -0.2) is 0 Å². The lowest BCUT2D eigenvalue weighted by atomic mass is 9.86. The molecule has 0 N–H and O–H groups in total. The predicted molar refractivity (Wildman–Crippen MR) is 69.6 cm³/mol. The Morgan fingerprint density at radius 3 is 2.73 bits per heavy atom. The van der Waals surface area contributed by atoms with Crippen molar-refractivity contribution in [3.8, 4) is 5.75 Å². The SMILES string of the molecule is BrCc1cc(Br)ccc1OCC1CCC1. The molecular formula is C12H14Br2O. The Hall–Kier alpha value is -0.0200. The summed E-state index contributed by atoms with van der Waals surface area (Å²) in [5.41, 5.74) is 1.21. The van der Waals surface area contributed by atoms with Gasteiger partial charge in [-0.1, -0.05) is 38.3 Å². The van der Waals surface area contributed by atoms with Crippen molar-refractivity contribution in [3.63, 3.8) is 0 Å². The molecule has 0 unspecified atom stereocenters. The minimum atomic E-state index is 0.789. The quantitative estimate of drug-likeness (QED) is 0.736. The van der Waals surface area contributed by atoms with E-state index < -0.39 is 0 Å². The van der Waals surface area contributed by atoms with Crippen molar-refractivity contribution in [2.45, 2.75) is 24.6 Å². The van der Waals surface area contributed by atoms with Crippen LogP contribution in [0.25, 0.3) is 0 Å². The molecule has 1 aliphatic carbocycles. The second kappa shape index (κ2) is 5.35. The average Bonchev–Trinajstić information content (AvgIpc) is 2.17. The number of hydrogen-bond acceptors (Lipinski definition) is 1. The van der Waals surface area contributed by atoms with Crippen LogP contribution in [-0.2, 0) is 5.33 Å².